The van der Waals surface area contributed by atoms with Gasteiger partial charge < -0.3 is 25.2 Å². The Labute approximate surface area is 106 Å². The fraction of sp³-hybridized carbons (Fsp3) is 0.818. The van der Waals surface area contributed by atoms with Crippen LogP contribution in [0.25, 0.3) is 0 Å². The third-order valence-electron chi connectivity index (χ3n) is 3.33. The summed E-state index contributed by atoms with van der Waals surface area (Å²) < 4.78 is 4.72. The molecule has 104 valence electrons. The molecule has 0 spiro atoms. The first-order chi connectivity index (χ1) is 8.51. The lowest BCUT2D eigenvalue weighted by molar-refractivity contribution is -0.148. The van der Waals surface area contributed by atoms with Crippen LogP contribution in [0.4, 0.5) is 4.79 Å². The van der Waals surface area contributed by atoms with Gasteiger partial charge in [-0.3, -0.25) is 0 Å². The van der Waals surface area contributed by atoms with Crippen molar-refractivity contribution in [2.45, 2.75) is 25.5 Å². The van der Waals surface area contributed by atoms with E-state index in [-0.39, 0.29) is 31.1 Å². The Morgan fingerprint density at radius 2 is 2.22 bits per heavy atom. The number of ether oxygens (including phenoxy) is 1. The van der Waals surface area contributed by atoms with Gasteiger partial charge in [0, 0.05) is 13.7 Å². The molecule has 0 radical (unpaired) electrons. The van der Waals surface area contributed by atoms with Gasteiger partial charge in [0.05, 0.1) is 19.2 Å². The van der Waals surface area contributed by atoms with Gasteiger partial charge in [0.2, 0.25) is 0 Å². The molecule has 2 amide bonds. The highest BCUT2D eigenvalue weighted by Crippen LogP contribution is 2.23. The summed E-state index contributed by atoms with van der Waals surface area (Å²) in [5.74, 6) is -0.871. The van der Waals surface area contributed by atoms with Gasteiger partial charge in [-0.1, -0.05) is 6.92 Å². The van der Waals surface area contributed by atoms with Crippen molar-refractivity contribution in [2.24, 2.45) is 5.92 Å². The maximum Gasteiger partial charge on any atom is 0.334 e. The van der Waals surface area contributed by atoms with Gasteiger partial charge in [-0.15, -0.1) is 0 Å². The number of nitrogens with zero attached hydrogens (tertiary/aromatic N) is 1. The maximum absolute atomic E-state index is 11.9. The van der Waals surface area contributed by atoms with Gasteiger partial charge >= 0.3 is 12.0 Å². The number of carboxylic acid groups (broad SMARTS) is 1. The van der Waals surface area contributed by atoms with Crippen LogP contribution in [-0.4, -0.2) is 66.1 Å². The number of rotatable bonds is 5. The summed E-state index contributed by atoms with van der Waals surface area (Å²) in [5.41, 5.74) is 0. The summed E-state index contributed by atoms with van der Waals surface area (Å²) >= 11 is 0. The largest absolute Gasteiger partial charge is 0.479 e. The molecule has 1 rings (SSSR count). The maximum atomic E-state index is 11.9. The topological polar surface area (TPSA) is 99.1 Å². The molecule has 7 nitrogen and oxygen atoms in total. The fourth-order valence-electron chi connectivity index (χ4n) is 2.09. The Morgan fingerprint density at radius 3 is 2.72 bits per heavy atom. The second-order valence-electron chi connectivity index (χ2n) is 4.46. The molecule has 3 unspecified atom stereocenters. The van der Waals surface area contributed by atoms with E-state index in [1.54, 1.807) is 4.90 Å². The number of likely N-dealkylation sites (tertiary alicyclic amines) is 1. The minimum atomic E-state index is -1.12. The molecule has 7 heteroatoms. The first kappa shape index (κ1) is 14.7. The van der Waals surface area contributed by atoms with E-state index in [1.165, 1.54) is 7.11 Å². The molecule has 0 saturated carbocycles. The number of hydrogen-bond acceptors (Lipinski definition) is 4. The third kappa shape index (κ3) is 3.33. The molecular formula is C11H20N2O5. The molecule has 1 aliphatic rings. The lowest BCUT2D eigenvalue weighted by atomic mass is 10.0. The second kappa shape index (κ2) is 6.55. The molecule has 1 aliphatic heterocycles. The predicted octanol–water partition coefficient (Wildman–Crippen LogP) is -0.502. The van der Waals surface area contributed by atoms with E-state index in [2.05, 4.69) is 5.32 Å². The van der Waals surface area contributed by atoms with Crippen molar-refractivity contribution in [2.75, 3.05) is 26.8 Å². The van der Waals surface area contributed by atoms with Crippen LogP contribution in [0.15, 0.2) is 0 Å². The van der Waals surface area contributed by atoms with Crippen LogP contribution in [0, 0.1) is 5.92 Å². The summed E-state index contributed by atoms with van der Waals surface area (Å²) in [5, 5.41) is 20.5. The lowest BCUT2D eigenvalue weighted by Crippen LogP contribution is -2.48. The van der Waals surface area contributed by atoms with Crippen LogP contribution in [0.3, 0.4) is 0 Å². The number of amides is 2. The molecule has 0 bridgehead atoms. The number of carbonyl (C=O) groups is 2. The predicted molar refractivity (Wildman–Crippen MR) is 63.2 cm³/mol. The zero-order chi connectivity index (χ0) is 13.7. The summed E-state index contributed by atoms with van der Waals surface area (Å²) in [6.07, 6.45) is -0.216. The highest BCUT2D eigenvalue weighted by molar-refractivity contribution is 5.77. The van der Waals surface area contributed by atoms with Crippen LogP contribution >= 0.6 is 0 Å². The minimum Gasteiger partial charge on any atom is -0.479 e. The van der Waals surface area contributed by atoms with Crippen molar-refractivity contribution in [3.8, 4) is 0 Å². The zero-order valence-corrected chi connectivity index (χ0v) is 10.6. The summed E-state index contributed by atoms with van der Waals surface area (Å²) in [6.45, 7) is 2.38. The lowest BCUT2D eigenvalue weighted by Gasteiger charge is -2.26. The Kier molecular flexibility index (Phi) is 5.36. The minimum absolute atomic E-state index is 0.0821. The highest BCUT2D eigenvalue weighted by Gasteiger charge is 2.34. The quantitative estimate of drug-likeness (QED) is 0.619. The first-order valence-electron chi connectivity index (χ1n) is 5.92. The van der Waals surface area contributed by atoms with E-state index in [4.69, 9.17) is 9.84 Å². The fourth-order valence-corrected chi connectivity index (χ4v) is 2.09. The SMILES string of the molecule is COC(CNC(=O)N1CCC(C)C1CO)C(=O)O. The average Bonchev–Trinajstić information content (AvgIpc) is 2.70. The number of aliphatic hydroxyl groups excluding tert-OH is 1. The van der Waals surface area contributed by atoms with Crippen molar-refractivity contribution in [1.29, 1.82) is 0 Å². The molecule has 18 heavy (non-hydrogen) atoms. The summed E-state index contributed by atoms with van der Waals surface area (Å²) in [7, 11) is 1.28. The van der Waals surface area contributed by atoms with Crippen molar-refractivity contribution in [3.05, 3.63) is 0 Å². The molecule has 0 aromatic heterocycles. The molecule has 1 heterocycles. The van der Waals surface area contributed by atoms with Crippen molar-refractivity contribution < 1.29 is 24.5 Å². The van der Waals surface area contributed by atoms with Crippen LogP contribution in [0.1, 0.15) is 13.3 Å². The van der Waals surface area contributed by atoms with E-state index >= 15 is 0 Å². The van der Waals surface area contributed by atoms with Gasteiger partial charge in [-0.2, -0.15) is 0 Å². The molecule has 0 aliphatic carbocycles. The van der Waals surface area contributed by atoms with Gasteiger partial charge in [-0.25, -0.2) is 9.59 Å². The average molecular weight is 260 g/mol. The van der Waals surface area contributed by atoms with Crippen LogP contribution in [0.5, 0.6) is 0 Å². The van der Waals surface area contributed by atoms with E-state index in [0.717, 1.165) is 6.42 Å². The van der Waals surface area contributed by atoms with E-state index in [9.17, 15) is 14.7 Å². The zero-order valence-electron chi connectivity index (χ0n) is 10.6. The molecule has 1 saturated heterocycles. The smallest absolute Gasteiger partial charge is 0.334 e. The highest BCUT2D eigenvalue weighted by atomic mass is 16.5. The Morgan fingerprint density at radius 1 is 1.56 bits per heavy atom. The molecular weight excluding hydrogens is 240 g/mol. The second-order valence-corrected chi connectivity index (χ2v) is 4.46. The van der Waals surface area contributed by atoms with Gasteiger partial charge in [0.1, 0.15) is 0 Å². The van der Waals surface area contributed by atoms with Gasteiger partial charge in [0.25, 0.3) is 0 Å². The van der Waals surface area contributed by atoms with Crippen LogP contribution in [-0.2, 0) is 9.53 Å². The van der Waals surface area contributed by atoms with E-state index in [0.29, 0.717) is 6.54 Å². The Balaban J connectivity index is 2.48. The standard InChI is InChI=1S/C11H20N2O5/c1-7-3-4-13(8(7)6-14)11(17)12-5-9(18-2)10(15)16/h7-9,14H,3-6H2,1-2H3,(H,12,17)(H,15,16). The number of aliphatic hydroxyl groups is 1. The molecule has 3 atom stereocenters. The number of carbonyl (C=O) groups excluding carboxylic acids is 1. The number of methoxy groups -OCH3 is 1. The van der Waals surface area contributed by atoms with Crippen molar-refractivity contribution in [3.63, 3.8) is 0 Å². The third-order valence-corrected chi connectivity index (χ3v) is 3.33. The normalized spacial score (nSPS) is 24.9. The monoisotopic (exact) mass is 260 g/mol. The van der Waals surface area contributed by atoms with Crippen LogP contribution in [0.2, 0.25) is 0 Å². The van der Waals surface area contributed by atoms with E-state index in [1.807, 2.05) is 6.92 Å². The number of nitrogens with one attached hydrogen (secondary N) is 1. The Hall–Kier alpha value is -1.34. The number of hydrogen-bond donors (Lipinski definition) is 3. The summed E-state index contributed by atoms with van der Waals surface area (Å²) in [4.78, 5) is 24.1. The Bertz CT molecular complexity index is 310. The van der Waals surface area contributed by atoms with Gasteiger partial charge in [0.15, 0.2) is 6.10 Å². The van der Waals surface area contributed by atoms with E-state index < -0.39 is 12.1 Å². The molecule has 0 aromatic carbocycles. The first-order valence-corrected chi connectivity index (χ1v) is 5.92. The molecule has 1 fully saturated rings. The molecule has 0 aromatic rings. The van der Waals surface area contributed by atoms with Crippen molar-refractivity contribution >= 4 is 12.0 Å². The molecule has 3 N–H and O–H groups in total. The number of aliphatic carboxylic acids is 1. The van der Waals surface area contributed by atoms with Crippen LogP contribution < -0.4 is 5.32 Å². The van der Waals surface area contributed by atoms with Gasteiger partial charge in [-0.05, 0) is 12.3 Å². The summed E-state index contributed by atoms with van der Waals surface area (Å²) in [6, 6.07) is -0.558. The number of carboxylic acids is 1. The number of urea groups is 1. The van der Waals surface area contributed by atoms with Crippen molar-refractivity contribution in [1.82, 2.24) is 10.2 Å².